The second-order valence-corrected chi connectivity index (χ2v) is 4.07. The van der Waals surface area contributed by atoms with E-state index in [4.69, 9.17) is 0 Å². The summed E-state index contributed by atoms with van der Waals surface area (Å²) in [7, 11) is 1.89. The number of aromatic nitrogens is 4. The van der Waals surface area contributed by atoms with E-state index in [1.54, 1.807) is 6.33 Å². The Morgan fingerprint density at radius 1 is 1.17 bits per heavy atom. The minimum Gasteiger partial charge on any atom is -0.392 e. The molecule has 0 spiro atoms. The highest BCUT2D eigenvalue weighted by Crippen LogP contribution is 2.26. The first-order valence-corrected chi connectivity index (χ1v) is 5.62. The smallest absolute Gasteiger partial charge is 0.163 e. The Morgan fingerprint density at radius 3 is 2.83 bits per heavy atom. The van der Waals surface area contributed by atoms with Gasteiger partial charge >= 0.3 is 0 Å². The van der Waals surface area contributed by atoms with Gasteiger partial charge in [0.1, 0.15) is 17.5 Å². The summed E-state index contributed by atoms with van der Waals surface area (Å²) in [4.78, 5) is 12.8. The van der Waals surface area contributed by atoms with E-state index in [2.05, 4.69) is 15.0 Å². The van der Waals surface area contributed by atoms with Crippen molar-refractivity contribution in [1.82, 2.24) is 19.5 Å². The molecule has 3 aromatic rings. The summed E-state index contributed by atoms with van der Waals surface area (Å²) in [5, 5.41) is 9.39. The summed E-state index contributed by atoms with van der Waals surface area (Å²) >= 11 is 0. The third-order valence-electron chi connectivity index (χ3n) is 2.94. The van der Waals surface area contributed by atoms with Crippen LogP contribution in [0, 0.1) is 0 Å². The third-order valence-corrected chi connectivity index (χ3v) is 2.94. The summed E-state index contributed by atoms with van der Waals surface area (Å²) < 4.78 is 1.85. The summed E-state index contributed by atoms with van der Waals surface area (Å²) in [6.07, 6.45) is 3.23. The number of nitrogens with zero attached hydrogens (tertiary/aromatic N) is 4. The van der Waals surface area contributed by atoms with Crippen LogP contribution >= 0.6 is 0 Å². The van der Waals surface area contributed by atoms with Gasteiger partial charge in [0.05, 0.1) is 12.9 Å². The number of benzene rings is 1. The van der Waals surface area contributed by atoms with Crippen molar-refractivity contribution < 1.29 is 5.11 Å². The molecule has 0 saturated heterocycles. The van der Waals surface area contributed by atoms with Gasteiger partial charge in [-0.2, -0.15) is 0 Å². The van der Waals surface area contributed by atoms with Crippen molar-refractivity contribution in [2.45, 2.75) is 6.61 Å². The molecule has 1 aromatic carbocycles. The molecule has 0 radical (unpaired) electrons. The highest BCUT2D eigenvalue weighted by Gasteiger charge is 2.12. The van der Waals surface area contributed by atoms with Crippen LogP contribution in [0.2, 0.25) is 0 Å². The molecule has 3 rings (SSSR count). The quantitative estimate of drug-likeness (QED) is 0.737. The SMILES string of the molecule is Cn1cnc2c(-c3ccccc3CO)ncnc21. The Balaban J connectivity index is 2.31. The molecule has 2 heterocycles. The lowest BCUT2D eigenvalue weighted by atomic mass is 10.0. The van der Waals surface area contributed by atoms with Gasteiger partial charge in [0.15, 0.2) is 5.65 Å². The second kappa shape index (κ2) is 4.19. The fourth-order valence-electron chi connectivity index (χ4n) is 2.03. The van der Waals surface area contributed by atoms with E-state index >= 15 is 0 Å². The van der Waals surface area contributed by atoms with Gasteiger partial charge in [0.2, 0.25) is 0 Å². The van der Waals surface area contributed by atoms with Crippen LogP contribution in [0.15, 0.2) is 36.9 Å². The molecule has 0 aliphatic heterocycles. The highest BCUT2D eigenvalue weighted by molar-refractivity contribution is 5.87. The molecule has 5 nitrogen and oxygen atoms in total. The van der Waals surface area contributed by atoms with E-state index in [9.17, 15) is 5.11 Å². The summed E-state index contributed by atoms with van der Waals surface area (Å²) in [6.45, 7) is -0.0193. The second-order valence-electron chi connectivity index (χ2n) is 4.07. The Bertz CT molecular complexity index is 705. The van der Waals surface area contributed by atoms with Crippen LogP contribution in [0.3, 0.4) is 0 Å². The molecule has 18 heavy (non-hydrogen) atoms. The van der Waals surface area contributed by atoms with Crippen molar-refractivity contribution in [3.63, 3.8) is 0 Å². The lowest BCUT2D eigenvalue weighted by Gasteiger charge is -2.06. The molecule has 0 fully saturated rings. The fraction of sp³-hybridized carbons (Fsp3) is 0.154. The average Bonchev–Trinajstić information content (AvgIpc) is 2.81. The van der Waals surface area contributed by atoms with E-state index in [1.807, 2.05) is 35.9 Å². The van der Waals surface area contributed by atoms with Crippen molar-refractivity contribution in [3.8, 4) is 11.3 Å². The van der Waals surface area contributed by atoms with E-state index < -0.39 is 0 Å². The van der Waals surface area contributed by atoms with Gasteiger partial charge in [-0.25, -0.2) is 15.0 Å². The zero-order chi connectivity index (χ0) is 12.5. The van der Waals surface area contributed by atoms with Crippen molar-refractivity contribution in [1.29, 1.82) is 0 Å². The maximum atomic E-state index is 9.39. The molecular weight excluding hydrogens is 228 g/mol. The van der Waals surface area contributed by atoms with Gasteiger partial charge in [0, 0.05) is 12.6 Å². The van der Waals surface area contributed by atoms with Crippen LogP contribution in [0.25, 0.3) is 22.4 Å². The standard InChI is InChI=1S/C13H12N4O/c1-17-8-16-12-11(14-7-15-13(12)17)10-5-3-2-4-9(10)6-18/h2-5,7-8,18H,6H2,1H3. The summed E-state index contributed by atoms with van der Waals surface area (Å²) in [6, 6.07) is 7.63. The molecule has 0 bridgehead atoms. The van der Waals surface area contributed by atoms with E-state index in [1.165, 1.54) is 6.33 Å². The maximum Gasteiger partial charge on any atom is 0.163 e. The van der Waals surface area contributed by atoms with Gasteiger partial charge in [-0.05, 0) is 5.56 Å². The number of fused-ring (bicyclic) bond motifs is 1. The first kappa shape index (κ1) is 10.9. The zero-order valence-electron chi connectivity index (χ0n) is 9.91. The van der Waals surface area contributed by atoms with Crippen molar-refractivity contribution in [3.05, 3.63) is 42.5 Å². The number of hydrogen-bond acceptors (Lipinski definition) is 4. The first-order valence-electron chi connectivity index (χ1n) is 5.62. The maximum absolute atomic E-state index is 9.39. The zero-order valence-corrected chi connectivity index (χ0v) is 9.91. The Labute approximate surface area is 104 Å². The van der Waals surface area contributed by atoms with Crippen LogP contribution in [-0.4, -0.2) is 24.6 Å². The van der Waals surface area contributed by atoms with Gasteiger partial charge < -0.3 is 9.67 Å². The molecule has 5 heteroatoms. The number of hydrogen-bond donors (Lipinski definition) is 1. The number of rotatable bonds is 2. The number of aryl methyl sites for hydroxylation is 1. The van der Waals surface area contributed by atoms with Gasteiger partial charge in [-0.15, -0.1) is 0 Å². The van der Waals surface area contributed by atoms with Crippen LogP contribution in [0.4, 0.5) is 0 Å². The topological polar surface area (TPSA) is 63.8 Å². The van der Waals surface area contributed by atoms with Crippen molar-refractivity contribution >= 4 is 11.2 Å². The minimum absolute atomic E-state index is 0.0193. The van der Waals surface area contributed by atoms with Crippen LogP contribution in [0.5, 0.6) is 0 Å². The molecule has 0 amide bonds. The first-order chi connectivity index (χ1) is 8.81. The van der Waals surface area contributed by atoms with Gasteiger partial charge in [-0.3, -0.25) is 0 Å². The average molecular weight is 240 g/mol. The molecule has 2 aromatic heterocycles. The highest BCUT2D eigenvalue weighted by atomic mass is 16.3. The van der Waals surface area contributed by atoms with E-state index in [-0.39, 0.29) is 6.61 Å². The normalized spacial score (nSPS) is 11.0. The number of imidazole rings is 1. The largest absolute Gasteiger partial charge is 0.392 e. The van der Waals surface area contributed by atoms with Crippen LogP contribution in [0.1, 0.15) is 5.56 Å². The van der Waals surface area contributed by atoms with E-state index in [0.717, 1.165) is 28.0 Å². The van der Waals surface area contributed by atoms with E-state index in [0.29, 0.717) is 0 Å². The fourth-order valence-corrected chi connectivity index (χ4v) is 2.03. The monoisotopic (exact) mass is 240 g/mol. The molecule has 0 unspecified atom stereocenters. The van der Waals surface area contributed by atoms with Crippen molar-refractivity contribution in [2.75, 3.05) is 0 Å². The number of aliphatic hydroxyl groups excluding tert-OH is 1. The summed E-state index contributed by atoms with van der Waals surface area (Å²) in [5.41, 5.74) is 4.02. The molecule has 0 aliphatic rings. The Kier molecular flexibility index (Phi) is 2.53. The molecule has 1 N–H and O–H groups in total. The van der Waals surface area contributed by atoms with Crippen molar-refractivity contribution in [2.24, 2.45) is 7.05 Å². The molecule has 90 valence electrons. The predicted molar refractivity (Wildman–Crippen MR) is 67.7 cm³/mol. The Morgan fingerprint density at radius 2 is 2.00 bits per heavy atom. The summed E-state index contributed by atoms with van der Waals surface area (Å²) in [5.74, 6) is 0. The third kappa shape index (κ3) is 1.56. The van der Waals surface area contributed by atoms with Gasteiger partial charge in [-0.1, -0.05) is 24.3 Å². The minimum atomic E-state index is -0.0193. The molecular formula is C13H12N4O. The lowest BCUT2D eigenvalue weighted by Crippen LogP contribution is -1.95. The number of aliphatic hydroxyl groups is 1. The predicted octanol–water partition coefficient (Wildman–Crippen LogP) is 1.52. The molecule has 0 atom stereocenters. The van der Waals surface area contributed by atoms with Crippen LogP contribution in [-0.2, 0) is 13.7 Å². The Hall–Kier alpha value is -2.27. The van der Waals surface area contributed by atoms with Gasteiger partial charge in [0.25, 0.3) is 0 Å². The lowest BCUT2D eigenvalue weighted by molar-refractivity contribution is 0.282. The molecule has 0 aliphatic carbocycles. The molecule has 0 saturated carbocycles. The van der Waals surface area contributed by atoms with Crippen LogP contribution < -0.4 is 0 Å².